The lowest BCUT2D eigenvalue weighted by atomic mass is 10.2. The summed E-state index contributed by atoms with van der Waals surface area (Å²) in [4.78, 5) is 11.7. The average Bonchev–Trinajstić information content (AvgIpc) is 2.59. The van der Waals surface area contributed by atoms with Crippen LogP contribution in [0, 0.1) is 11.8 Å². The summed E-state index contributed by atoms with van der Waals surface area (Å²) in [6, 6.07) is 19.1. The monoisotopic (exact) mass is 306 g/mol. The third-order valence-electron chi connectivity index (χ3n) is 2.90. The van der Waals surface area contributed by atoms with Crippen molar-refractivity contribution in [1.29, 1.82) is 0 Å². The minimum atomic E-state index is -0.428. The van der Waals surface area contributed by atoms with Gasteiger partial charge in [-0.05, 0) is 19.1 Å². The Morgan fingerprint density at radius 2 is 1.65 bits per heavy atom. The van der Waals surface area contributed by atoms with Gasteiger partial charge in [-0.3, -0.25) is 0 Å². The van der Waals surface area contributed by atoms with Crippen LogP contribution in [-0.4, -0.2) is 19.2 Å². The molecule has 0 amide bonds. The average molecular weight is 306 g/mol. The second kappa shape index (κ2) is 9.11. The summed E-state index contributed by atoms with van der Waals surface area (Å²) >= 11 is 0. The van der Waals surface area contributed by atoms with Crippen LogP contribution in [-0.2, 0) is 14.3 Å². The van der Waals surface area contributed by atoms with Gasteiger partial charge in [-0.2, -0.15) is 0 Å². The largest absolute Gasteiger partial charge is 0.480 e. The number of carbonyl (C=O) groups excluding carboxylic acids is 1. The molecule has 0 bridgehead atoms. The van der Waals surface area contributed by atoms with Gasteiger partial charge in [0.25, 0.3) is 0 Å². The highest BCUT2D eigenvalue weighted by Crippen LogP contribution is 2.15. The topological polar surface area (TPSA) is 35.5 Å². The molecular formula is C20H18O3. The third kappa shape index (κ3) is 5.72. The molecule has 0 radical (unpaired) electrons. The predicted octanol–water partition coefficient (Wildman–Crippen LogP) is 3.66. The number of rotatable bonds is 5. The molecule has 0 aliphatic heterocycles. The first-order chi connectivity index (χ1) is 11.3. The minimum Gasteiger partial charge on any atom is -0.480 e. The van der Waals surface area contributed by atoms with Gasteiger partial charge in [0, 0.05) is 11.1 Å². The highest BCUT2D eigenvalue weighted by atomic mass is 16.5. The fourth-order valence-electron chi connectivity index (χ4n) is 1.88. The van der Waals surface area contributed by atoms with E-state index in [0.29, 0.717) is 12.4 Å². The van der Waals surface area contributed by atoms with Crippen molar-refractivity contribution in [3.8, 4) is 11.8 Å². The van der Waals surface area contributed by atoms with Crippen molar-refractivity contribution in [1.82, 2.24) is 0 Å². The van der Waals surface area contributed by atoms with Gasteiger partial charge in [0.15, 0.2) is 0 Å². The van der Waals surface area contributed by atoms with Crippen molar-refractivity contribution < 1.29 is 14.3 Å². The van der Waals surface area contributed by atoms with Gasteiger partial charge in [0.1, 0.15) is 12.4 Å². The molecule has 0 atom stereocenters. The second-order valence-corrected chi connectivity index (χ2v) is 4.58. The van der Waals surface area contributed by atoms with Crippen LogP contribution in [0.5, 0.6) is 0 Å². The van der Waals surface area contributed by atoms with Crippen LogP contribution in [0.1, 0.15) is 18.1 Å². The first-order valence-corrected chi connectivity index (χ1v) is 7.40. The van der Waals surface area contributed by atoms with Crippen molar-refractivity contribution in [3.05, 3.63) is 77.9 Å². The summed E-state index contributed by atoms with van der Waals surface area (Å²) in [7, 11) is 0. The van der Waals surface area contributed by atoms with E-state index in [0.717, 1.165) is 11.1 Å². The van der Waals surface area contributed by atoms with E-state index in [-0.39, 0.29) is 6.61 Å². The van der Waals surface area contributed by atoms with Gasteiger partial charge in [-0.25, -0.2) is 4.79 Å². The maximum Gasteiger partial charge on any atom is 0.334 e. The highest BCUT2D eigenvalue weighted by molar-refractivity contribution is 5.89. The molecule has 0 aliphatic carbocycles. The first kappa shape index (κ1) is 16.4. The zero-order chi connectivity index (χ0) is 16.3. The van der Waals surface area contributed by atoms with Crippen LogP contribution in [0.15, 0.2) is 66.7 Å². The smallest absolute Gasteiger partial charge is 0.334 e. The summed E-state index contributed by atoms with van der Waals surface area (Å²) in [6.45, 7) is 2.28. The molecule has 2 rings (SSSR count). The summed E-state index contributed by atoms with van der Waals surface area (Å²) in [5.74, 6) is 5.98. The van der Waals surface area contributed by atoms with Crippen LogP contribution >= 0.6 is 0 Å². The summed E-state index contributed by atoms with van der Waals surface area (Å²) in [5.41, 5.74) is 1.73. The molecule has 0 N–H and O–H groups in total. The van der Waals surface area contributed by atoms with Crippen LogP contribution in [0.25, 0.3) is 5.76 Å². The molecule has 3 heteroatoms. The van der Waals surface area contributed by atoms with Gasteiger partial charge >= 0.3 is 5.97 Å². The van der Waals surface area contributed by atoms with E-state index in [9.17, 15) is 4.79 Å². The van der Waals surface area contributed by atoms with Crippen molar-refractivity contribution in [2.24, 2.45) is 0 Å². The van der Waals surface area contributed by atoms with Crippen molar-refractivity contribution >= 4 is 11.7 Å². The van der Waals surface area contributed by atoms with Crippen molar-refractivity contribution in [3.63, 3.8) is 0 Å². The normalized spacial score (nSPS) is 10.4. The molecule has 0 aromatic heterocycles. The van der Waals surface area contributed by atoms with Gasteiger partial charge in [0.2, 0.25) is 0 Å². The molecular weight excluding hydrogens is 288 g/mol. The quantitative estimate of drug-likeness (QED) is 0.366. The van der Waals surface area contributed by atoms with E-state index in [1.807, 2.05) is 60.7 Å². The van der Waals surface area contributed by atoms with Gasteiger partial charge in [-0.15, -0.1) is 0 Å². The lowest BCUT2D eigenvalue weighted by Crippen LogP contribution is -2.03. The molecule has 2 aromatic rings. The van der Waals surface area contributed by atoms with E-state index in [1.54, 1.807) is 6.92 Å². The Morgan fingerprint density at radius 1 is 1.00 bits per heavy atom. The molecule has 0 saturated carbocycles. The van der Waals surface area contributed by atoms with Crippen molar-refractivity contribution in [2.45, 2.75) is 6.92 Å². The fourth-order valence-corrected chi connectivity index (χ4v) is 1.88. The maximum atomic E-state index is 11.7. The van der Waals surface area contributed by atoms with Crippen LogP contribution in [0.2, 0.25) is 0 Å². The second-order valence-electron chi connectivity index (χ2n) is 4.58. The maximum absolute atomic E-state index is 11.7. The molecule has 0 aliphatic rings. The fraction of sp³-hybridized carbons (Fsp3) is 0.150. The zero-order valence-corrected chi connectivity index (χ0v) is 13.0. The standard InChI is InChI=1S/C20H18O3/c1-2-22-20(21)16-19(18-13-7-4-8-14-18)23-15-9-12-17-10-5-3-6-11-17/h3-8,10-11,13-14,16H,2,15H2,1H3/b19-16+. The number of hydrogen-bond donors (Lipinski definition) is 0. The molecule has 0 fully saturated rings. The number of benzene rings is 2. The zero-order valence-electron chi connectivity index (χ0n) is 13.0. The Labute approximate surface area is 136 Å². The minimum absolute atomic E-state index is 0.190. The summed E-state index contributed by atoms with van der Waals surface area (Å²) < 4.78 is 10.6. The lowest BCUT2D eigenvalue weighted by molar-refractivity contribution is -0.137. The SMILES string of the molecule is CCOC(=O)/C=C(/OCC#Cc1ccccc1)c1ccccc1. The molecule has 0 unspecified atom stereocenters. The van der Waals surface area contributed by atoms with Crippen LogP contribution in [0.3, 0.4) is 0 Å². The van der Waals surface area contributed by atoms with E-state index in [2.05, 4.69) is 11.8 Å². The lowest BCUT2D eigenvalue weighted by Gasteiger charge is -2.08. The molecule has 23 heavy (non-hydrogen) atoms. The molecule has 3 nitrogen and oxygen atoms in total. The van der Waals surface area contributed by atoms with E-state index in [1.165, 1.54) is 6.08 Å². The number of hydrogen-bond acceptors (Lipinski definition) is 3. The molecule has 0 saturated heterocycles. The highest BCUT2D eigenvalue weighted by Gasteiger charge is 2.06. The Bertz CT molecular complexity index is 707. The molecule has 2 aromatic carbocycles. The van der Waals surface area contributed by atoms with E-state index in [4.69, 9.17) is 9.47 Å². The van der Waals surface area contributed by atoms with Crippen LogP contribution < -0.4 is 0 Å². The summed E-state index contributed by atoms with van der Waals surface area (Å²) in [5, 5.41) is 0. The number of ether oxygens (including phenoxy) is 2. The molecule has 116 valence electrons. The summed E-state index contributed by atoms with van der Waals surface area (Å²) in [6.07, 6.45) is 1.35. The predicted molar refractivity (Wildman–Crippen MR) is 90.3 cm³/mol. The Morgan fingerprint density at radius 3 is 2.30 bits per heavy atom. The molecule has 0 spiro atoms. The third-order valence-corrected chi connectivity index (χ3v) is 2.90. The van der Waals surface area contributed by atoms with Gasteiger partial charge < -0.3 is 9.47 Å². The van der Waals surface area contributed by atoms with Gasteiger partial charge in [-0.1, -0.05) is 60.4 Å². The number of esters is 1. The Kier molecular flexibility index (Phi) is 6.49. The van der Waals surface area contributed by atoms with E-state index < -0.39 is 5.97 Å². The Hall–Kier alpha value is -2.99. The molecule has 0 heterocycles. The number of carbonyl (C=O) groups is 1. The van der Waals surface area contributed by atoms with Gasteiger partial charge in [0.05, 0.1) is 12.7 Å². The van der Waals surface area contributed by atoms with E-state index >= 15 is 0 Å². The first-order valence-electron chi connectivity index (χ1n) is 7.40. The Balaban J connectivity index is 2.07. The van der Waals surface area contributed by atoms with Crippen LogP contribution in [0.4, 0.5) is 0 Å². The van der Waals surface area contributed by atoms with Crippen molar-refractivity contribution in [2.75, 3.05) is 13.2 Å².